The van der Waals surface area contributed by atoms with Gasteiger partial charge in [0.25, 0.3) is 5.91 Å². The first-order chi connectivity index (χ1) is 14.5. The van der Waals surface area contributed by atoms with Crippen molar-refractivity contribution in [2.75, 3.05) is 12.0 Å². The maximum atomic E-state index is 13.6. The van der Waals surface area contributed by atoms with Crippen LogP contribution in [-0.4, -0.2) is 41.2 Å². The lowest BCUT2D eigenvalue weighted by atomic mass is 9.76. The van der Waals surface area contributed by atoms with Crippen molar-refractivity contribution in [3.8, 4) is 0 Å². The molecule has 5 rings (SSSR count). The molecule has 1 aromatic heterocycles. The van der Waals surface area contributed by atoms with Gasteiger partial charge < -0.3 is 9.47 Å². The monoisotopic (exact) mass is 445 g/mol. The molecule has 156 valence electrons. The van der Waals surface area contributed by atoms with E-state index in [9.17, 15) is 9.59 Å². The smallest absolute Gasteiger partial charge is 0.296 e. The number of ketones is 1. The second kappa shape index (κ2) is 7.44. The molecule has 4 atom stereocenters. The van der Waals surface area contributed by atoms with Crippen LogP contribution in [0.1, 0.15) is 35.9 Å². The van der Waals surface area contributed by atoms with Crippen molar-refractivity contribution in [1.29, 1.82) is 0 Å². The van der Waals surface area contributed by atoms with E-state index in [0.717, 1.165) is 17.0 Å². The standard InChI is InChI=1S/C21H20ClN3O4S/c1-10-23-24-21(30-10)25-17(11-3-5-12(22)6-4-11)16-18(26)14-8-7-13(28-2)9-15(14)29-19(16)20(25)27/h3-6,13-15,17H,7-9H2,1-2H3. The number of rotatable bonds is 3. The zero-order valence-electron chi connectivity index (χ0n) is 16.5. The van der Waals surface area contributed by atoms with E-state index in [2.05, 4.69) is 10.2 Å². The first-order valence-electron chi connectivity index (χ1n) is 9.85. The predicted molar refractivity (Wildman–Crippen MR) is 111 cm³/mol. The van der Waals surface area contributed by atoms with Crippen LogP contribution in [0.2, 0.25) is 5.02 Å². The molecule has 0 bridgehead atoms. The Morgan fingerprint density at radius 1 is 1.20 bits per heavy atom. The minimum absolute atomic E-state index is 0.0205. The normalized spacial score (nSPS) is 28.4. The summed E-state index contributed by atoms with van der Waals surface area (Å²) in [6.45, 7) is 1.83. The molecule has 1 amide bonds. The Morgan fingerprint density at radius 2 is 1.97 bits per heavy atom. The summed E-state index contributed by atoms with van der Waals surface area (Å²) >= 11 is 7.38. The summed E-state index contributed by atoms with van der Waals surface area (Å²) in [6.07, 6.45) is 1.76. The second-order valence-electron chi connectivity index (χ2n) is 7.77. The molecule has 3 heterocycles. The SMILES string of the molecule is COC1CCC2C(=O)C3=C(OC2C1)C(=O)N(c1nnc(C)s1)C3c1ccc(Cl)cc1. The van der Waals surface area contributed by atoms with Crippen molar-refractivity contribution >= 4 is 39.8 Å². The number of aromatic nitrogens is 2. The number of anilines is 1. The molecule has 30 heavy (non-hydrogen) atoms. The third-order valence-electron chi connectivity index (χ3n) is 6.04. The Hall–Kier alpha value is -2.29. The maximum Gasteiger partial charge on any atom is 0.296 e. The Balaban J connectivity index is 1.61. The zero-order valence-corrected chi connectivity index (χ0v) is 18.1. The largest absolute Gasteiger partial charge is 0.483 e. The highest BCUT2D eigenvalue weighted by molar-refractivity contribution is 7.15. The molecule has 7 nitrogen and oxygen atoms in total. The third-order valence-corrected chi connectivity index (χ3v) is 7.13. The van der Waals surface area contributed by atoms with Gasteiger partial charge in [-0.3, -0.25) is 14.5 Å². The molecule has 1 aliphatic carbocycles. The van der Waals surface area contributed by atoms with Crippen LogP contribution in [0.25, 0.3) is 0 Å². The number of aryl methyl sites for hydroxylation is 1. The topological polar surface area (TPSA) is 81.6 Å². The summed E-state index contributed by atoms with van der Waals surface area (Å²) in [5.41, 5.74) is 1.19. The minimum Gasteiger partial charge on any atom is -0.483 e. The molecule has 2 aromatic rings. The fraction of sp³-hybridized carbons (Fsp3) is 0.429. The molecule has 1 saturated carbocycles. The van der Waals surface area contributed by atoms with Crippen molar-refractivity contribution in [2.24, 2.45) is 5.92 Å². The Labute approximate surface area is 182 Å². The van der Waals surface area contributed by atoms with Gasteiger partial charge in [0.1, 0.15) is 11.1 Å². The van der Waals surface area contributed by atoms with Gasteiger partial charge in [-0.25, -0.2) is 0 Å². The van der Waals surface area contributed by atoms with E-state index in [-0.39, 0.29) is 35.6 Å². The number of Topliss-reactive ketones (excluding diaryl/α,β-unsaturated/α-hetero) is 1. The molecule has 3 aliphatic rings. The molecule has 0 radical (unpaired) electrons. The maximum absolute atomic E-state index is 13.6. The van der Waals surface area contributed by atoms with Crippen molar-refractivity contribution in [2.45, 2.75) is 44.4 Å². The Kier molecular flexibility index (Phi) is 4.88. The summed E-state index contributed by atoms with van der Waals surface area (Å²) in [5.74, 6) is -0.514. The lowest BCUT2D eigenvalue weighted by molar-refractivity contribution is -0.135. The van der Waals surface area contributed by atoms with Crippen LogP contribution in [0.15, 0.2) is 35.6 Å². The molecule has 0 saturated heterocycles. The van der Waals surface area contributed by atoms with Crippen LogP contribution in [0.4, 0.5) is 5.13 Å². The highest BCUT2D eigenvalue weighted by Crippen LogP contribution is 2.48. The van der Waals surface area contributed by atoms with Gasteiger partial charge in [-0.05, 0) is 37.5 Å². The van der Waals surface area contributed by atoms with Crippen LogP contribution < -0.4 is 4.90 Å². The lowest BCUT2D eigenvalue weighted by Crippen LogP contribution is -2.43. The van der Waals surface area contributed by atoms with Crippen LogP contribution >= 0.6 is 22.9 Å². The van der Waals surface area contributed by atoms with Crippen LogP contribution in [0.5, 0.6) is 0 Å². The number of carbonyl (C=O) groups is 2. The first kappa shape index (κ1) is 19.7. The first-order valence-corrected chi connectivity index (χ1v) is 11.0. The number of nitrogens with zero attached hydrogens (tertiary/aromatic N) is 3. The number of hydrogen-bond acceptors (Lipinski definition) is 7. The van der Waals surface area contributed by atoms with Gasteiger partial charge in [0.05, 0.1) is 23.6 Å². The van der Waals surface area contributed by atoms with Gasteiger partial charge in [-0.2, -0.15) is 0 Å². The van der Waals surface area contributed by atoms with Crippen molar-refractivity contribution in [1.82, 2.24) is 10.2 Å². The fourth-order valence-corrected chi connectivity index (χ4v) is 5.43. The molecule has 2 aliphatic heterocycles. The highest BCUT2D eigenvalue weighted by atomic mass is 35.5. The van der Waals surface area contributed by atoms with Crippen molar-refractivity contribution < 1.29 is 19.1 Å². The minimum atomic E-state index is -0.606. The van der Waals surface area contributed by atoms with E-state index in [1.54, 1.807) is 19.2 Å². The van der Waals surface area contributed by atoms with Crippen molar-refractivity contribution in [3.63, 3.8) is 0 Å². The number of ether oxygens (including phenoxy) is 2. The van der Waals surface area contributed by atoms with E-state index in [4.69, 9.17) is 21.1 Å². The second-order valence-corrected chi connectivity index (χ2v) is 9.37. The van der Waals surface area contributed by atoms with E-state index in [1.807, 2.05) is 19.1 Å². The van der Waals surface area contributed by atoms with Gasteiger partial charge in [0.15, 0.2) is 11.5 Å². The number of amides is 1. The lowest BCUT2D eigenvalue weighted by Gasteiger charge is -2.38. The molecule has 0 spiro atoms. The van der Waals surface area contributed by atoms with E-state index in [1.165, 1.54) is 16.2 Å². The Bertz CT molecular complexity index is 1050. The molecule has 0 N–H and O–H groups in total. The van der Waals surface area contributed by atoms with Gasteiger partial charge >= 0.3 is 0 Å². The van der Waals surface area contributed by atoms with E-state index >= 15 is 0 Å². The molecule has 4 unspecified atom stereocenters. The van der Waals surface area contributed by atoms with Crippen LogP contribution in [0, 0.1) is 12.8 Å². The fourth-order valence-electron chi connectivity index (χ4n) is 4.59. The summed E-state index contributed by atoms with van der Waals surface area (Å²) in [7, 11) is 1.66. The summed E-state index contributed by atoms with van der Waals surface area (Å²) in [4.78, 5) is 28.6. The van der Waals surface area contributed by atoms with Gasteiger partial charge in [-0.1, -0.05) is 35.1 Å². The van der Waals surface area contributed by atoms with E-state index < -0.39 is 6.04 Å². The number of hydrogen-bond donors (Lipinski definition) is 0. The average molecular weight is 446 g/mol. The summed E-state index contributed by atoms with van der Waals surface area (Å²) in [5, 5.41) is 10.0. The van der Waals surface area contributed by atoms with Crippen LogP contribution in [0.3, 0.4) is 0 Å². The van der Waals surface area contributed by atoms with Gasteiger partial charge in [-0.15, -0.1) is 10.2 Å². The third kappa shape index (κ3) is 3.05. The number of fused-ring (bicyclic) bond motifs is 1. The molecular weight excluding hydrogens is 426 g/mol. The number of carbonyl (C=O) groups excluding carboxylic acids is 2. The van der Waals surface area contributed by atoms with Crippen LogP contribution in [-0.2, 0) is 19.1 Å². The summed E-state index contributed by atoms with van der Waals surface area (Å²) < 4.78 is 11.7. The quantitative estimate of drug-likeness (QED) is 0.717. The molecular formula is C21H20ClN3O4S. The average Bonchev–Trinajstić information content (AvgIpc) is 3.29. The molecule has 1 aromatic carbocycles. The predicted octanol–water partition coefficient (Wildman–Crippen LogP) is 3.62. The van der Waals surface area contributed by atoms with E-state index in [0.29, 0.717) is 28.6 Å². The number of methoxy groups -OCH3 is 1. The summed E-state index contributed by atoms with van der Waals surface area (Å²) in [6, 6.07) is 6.57. The number of halogens is 1. The Morgan fingerprint density at radius 3 is 2.63 bits per heavy atom. The number of benzene rings is 1. The molecule has 9 heteroatoms. The highest BCUT2D eigenvalue weighted by Gasteiger charge is 2.54. The molecule has 1 fully saturated rings. The van der Waals surface area contributed by atoms with Gasteiger partial charge in [0, 0.05) is 18.6 Å². The van der Waals surface area contributed by atoms with Crippen molar-refractivity contribution in [3.05, 3.63) is 51.2 Å². The zero-order chi connectivity index (χ0) is 21.0. The van der Waals surface area contributed by atoms with Gasteiger partial charge in [0.2, 0.25) is 5.13 Å².